The summed E-state index contributed by atoms with van der Waals surface area (Å²) in [7, 11) is 0. The number of phenols is 1. The predicted octanol–water partition coefficient (Wildman–Crippen LogP) is 3.50. The number of aromatic hydroxyl groups is 1. The van der Waals surface area contributed by atoms with Crippen molar-refractivity contribution in [1.29, 1.82) is 0 Å². The summed E-state index contributed by atoms with van der Waals surface area (Å²) in [4.78, 5) is 16.0. The maximum Gasteiger partial charge on any atom is 0.363 e. The number of esters is 1. The van der Waals surface area contributed by atoms with E-state index in [9.17, 15) is 9.90 Å². The van der Waals surface area contributed by atoms with Crippen LogP contribution in [0.25, 0.3) is 6.08 Å². The molecule has 0 spiro atoms. The number of aliphatic imine (C=N–C) groups is 1. The Morgan fingerprint density at radius 1 is 1.05 bits per heavy atom. The zero-order chi connectivity index (χ0) is 14.8. The summed E-state index contributed by atoms with van der Waals surface area (Å²) in [5.41, 5.74) is 1.74. The molecule has 0 radical (unpaired) electrons. The molecule has 1 aliphatic heterocycles. The van der Waals surface area contributed by atoms with Crippen molar-refractivity contribution in [1.82, 2.24) is 0 Å². The average molecular weight is 344 g/mol. The van der Waals surface area contributed by atoms with Crippen LogP contribution < -0.4 is 0 Å². The number of ether oxygens (including phenoxy) is 1. The van der Waals surface area contributed by atoms with Gasteiger partial charge in [-0.25, -0.2) is 9.79 Å². The van der Waals surface area contributed by atoms with E-state index in [2.05, 4.69) is 20.9 Å². The van der Waals surface area contributed by atoms with Crippen LogP contribution in [0.4, 0.5) is 0 Å². The number of halogens is 1. The lowest BCUT2D eigenvalue weighted by Crippen LogP contribution is -2.05. The van der Waals surface area contributed by atoms with Crippen molar-refractivity contribution in [3.05, 3.63) is 69.8 Å². The Morgan fingerprint density at radius 3 is 2.38 bits per heavy atom. The normalized spacial score (nSPS) is 16.0. The summed E-state index contributed by atoms with van der Waals surface area (Å²) in [5, 5.41) is 9.24. The zero-order valence-corrected chi connectivity index (χ0v) is 12.4. The smallest absolute Gasteiger partial charge is 0.363 e. The summed E-state index contributed by atoms with van der Waals surface area (Å²) in [6, 6.07) is 13.8. The number of carbonyl (C=O) groups is 1. The highest BCUT2D eigenvalue weighted by Gasteiger charge is 2.23. The van der Waals surface area contributed by atoms with Gasteiger partial charge >= 0.3 is 5.97 Å². The maximum absolute atomic E-state index is 11.8. The van der Waals surface area contributed by atoms with Gasteiger partial charge in [-0.05, 0) is 48.0 Å². The number of benzene rings is 2. The van der Waals surface area contributed by atoms with E-state index in [1.54, 1.807) is 30.3 Å². The lowest BCUT2D eigenvalue weighted by molar-refractivity contribution is -0.129. The molecule has 1 N–H and O–H groups in total. The third-order valence-corrected chi connectivity index (χ3v) is 3.44. The van der Waals surface area contributed by atoms with E-state index in [0.717, 1.165) is 15.6 Å². The van der Waals surface area contributed by atoms with Crippen molar-refractivity contribution >= 4 is 33.9 Å². The van der Waals surface area contributed by atoms with E-state index in [0.29, 0.717) is 0 Å². The van der Waals surface area contributed by atoms with Crippen LogP contribution in [0, 0.1) is 0 Å². The number of nitrogens with zero attached hydrogens (tertiary/aromatic N) is 1. The molecule has 1 aliphatic rings. The van der Waals surface area contributed by atoms with Crippen molar-refractivity contribution in [3.63, 3.8) is 0 Å². The van der Waals surface area contributed by atoms with Crippen molar-refractivity contribution in [3.8, 4) is 5.75 Å². The summed E-state index contributed by atoms with van der Waals surface area (Å²) in [6.45, 7) is 0. The van der Waals surface area contributed by atoms with Gasteiger partial charge in [0, 0.05) is 10.0 Å². The van der Waals surface area contributed by atoms with Gasteiger partial charge in [-0.1, -0.05) is 28.1 Å². The molecule has 0 atom stereocenters. The SMILES string of the molecule is O=C1OC(c2ccc(Br)cc2)=N/C1=C/c1ccc(O)cc1. The Balaban J connectivity index is 1.91. The van der Waals surface area contributed by atoms with Crippen LogP contribution in [0.15, 0.2) is 63.7 Å². The van der Waals surface area contributed by atoms with Gasteiger partial charge in [-0.3, -0.25) is 0 Å². The van der Waals surface area contributed by atoms with Gasteiger partial charge in [0.25, 0.3) is 0 Å². The number of phenolic OH excluding ortho intramolecular Hbond substituents is 1. The summed E-state index contributed by atoms with van der Waals surface area (Å²) >= 11 is 3.35. The van der Waals surface area contributed by atoms with Crippen LogP contribution in [-0.4, -0.2) is 17.0 Å². The van der Waals surface area contributed by atoms with Crippen LogP contribution >= 0.6 is 15.9 Å². The number of hydrogen-bond donors (Lipinski definition) is 1. The Morgan fingerprint density at radius 2 is 1.71 bits per heavy atom. The van der Waals surface area contributed by atoms with E-state index >= 15 is 0 Å². The zero-order valence-electron chi connectivity index (χ0n) is 10.8. The van der Waals surface area contributed by atoms with Gasteiger partial charge in [-0.2, -0.15) is 0 Å². The third kappa shape index (κ3) is 3.03. The number of hydrogen-bond acceptors (Lipinski definition) is 4. The van der Waals surface area contributed by atoms with Crippen LogP contribution in [-0.2, 0) is 9.53 Å². The number of carbonyl (C=O) groups excluding carboxylic acids is 1. The van der Waals surface area contributed by atoms with Crippen molar-refractivity contribution in [2.45, 2.75) is 0 Å². The van der Waals surface area contributed by atoms with Crippen LogP contribution in [0.1, 0.15) is 11.1 Å². The average Bonchev–Trinajstić information content (AvgIpc) is 2.83. The topological polar surface area (TPSA) is 58.9 Å². The molecule has 3 rings (SSSR count). The van der Waals surface area contributed by atoms with Gasteiger partial charge in [0.2, 0.25) is 5.90 Å². The minimum atomic E-state index is -0.485. The summed E-state index contributed by atoms with van der Waals surface area (Å²) in [6.07, 6.45) is 1.62. The second kappa shape index (κ2) is 5.54. The van der Waals surface area contributed by atoms with Gasteiger partial charge < -0.3 is 9.84 Å². The molecule has 104 valence electrons. The molecule has 0 fully saturated rings. The molecule has 21 heavy (non-hydrogen) atoms. The van der Waals surface area contributed by atoms with E-state index in [4.69, 9.17) is 4.74 Å². The molecule has 2 aromatic carbocycles. The molecule has 0 saturated carbocycles. The largest absolute Gasteiger partial charge is 0.508 e. The van der Waals surface area contributed by atoms with Crippen molar-refractivity contribution in [2.75, 3.05) is 0 Å². The Labute approximate surface area is 129 Å². The Kier molecular flexibility index (Phi) is 3.58. The van der Waals surface area contributed by atoms with E-state index in [-0.39, 0.29) is 17.3 Å². The van der Waals surface area contributed by atoms with Gasteiger partial charge in [0.15, 0.2) is 5.70 Å². The van der Waals surface area contributed by atoms with E-state index in [1.165, 1.54) is 0 Å². The standard InChI is InChI=1S/C16H10BrNO3/c17-12-5-3-11(4-6-12)15-18-14(16(20)21-15)9-10-1-7-13(19)8-2-10/h1-9,19H/b14-9+. The minimum absolute atomic E-state index is 0.171. The van der Waals surface area contributed by atoms with E-state index < -0.39 is 5.97 Å². The molecule has 5 heteroatoms. The maximum atomic E-state index is 11.8. The molecule has 0 aromatic heterocycles. The summed E-state index contributed by atoms with van der Waals surface area (Å²) < 4.78 is 6.11. The molecular weight excluding hydrogens is 334 g/mol. The second-order valence-corrected chi connectivity index (χ2v) is 5.35. The lowest BCUT2D eigenvalue weighted by Gasteiger charge is -1.98. The molecule has 0 unspecified atom stereocenters. The molecule has 0 bridgehead atoms. The highest BCUT2D eigenvalue weighted by Crippen LogP contribution is 2.21. The van der Waals surface area contributed by atoms with Crippen LogP contribution in [0.2, 0.25) is 0 Å². The first-order valence-electron chi connectivity index (χ1n) is 6.19. The second-order valence-electron chi connectivity index (χ2n) is 4.43. The molecule has 0 aliphatic carbocycles. The molecule has 4 nitrogen and oxygen atoms in total. The fourth-order valence-corrected chi connectivity index (χ4v) is 2.12. The van der Waals surface area contributed by atoms with E-state index in [1.807, 2.05) is 24.3 Å². The fraction of sp³-hybridized carbons (Fsp3) is 0. The Bertz CT molecular complexity index is 746. The number of cyclic esters (lactones) is 1. The summed E-state index contributed by atoms with van der Waals surface area (Å²) in [5.74, 6) is -0.0243. The predicted molar refractivity (Wildman–Crippen MR) is 82.9 cm³/mol. The van der Waals surface area contributed by atoms with Gasteiger partial charge in [0.05, 0.1) is 0 Å². The monoisotopic (exact) mass is 343 g/mol. The first kappa shape index (κ1) is 13.6. The first-order chi connectivity index (χ1) is 10.1. The Hall–Kier alpha value is -2.40. The highest BCUT2D eigenvalue weighted by molar-refractivity contribution is 9.10. The first-order valence-corrected chi connectivity index (χ1v) is 6.99. The van der Waals surface area contributed by atoms with Crippen LogP contribution in [0.3, 0.4) is 0 Å². The van der Waals surface area contributed by atoms with Crippen molar-refractivity contribution < 1.29 is 14.6 Å². The quantitative estimate of drug-likeness (QED) is 0.670. The number of rotatable bonds is 2. The molecule has 1 heterocycles. The van der Waals surface area contributed by atoms with Gasteiger partial charge in [0.1, 0.15) is 5.75 Å². The highest BCUT2D eigenvalue weighted by atomic mass is 79.9. The van der Waals surface area contributed by atoms with Gasteiger partial charge in [-0.15, -0.1) is 0 Å². The molecule has 2 aromatic rings. The molecule has 0 amide bonds. The van der Waals surface area contributed by atoms with Crippen LogP contribution in [0.5, 0.6) is 5.75 Å². The molecular formula is C16H10BrNO3. The minimum Gasteiger partial charge on any atom is -0.508 e. The molecule has 0 saturated heterocycles. The third-order valence-electron chi connectivity index (χ3n) is 2.91. The lowest BCUT2D eigenvalue weighted by atomic mass is 10.2. The fourth-order valence-electron chi connectivity index (χ4n) is 1.85. The van der Waals surface area contributed by atoms with Crippen molar-refractivity contribution in [2.24, 2.45) is 4.99 Å².